The molecule has 0 radical (unpaired) electrons. The molecular weight excluding hydrogens is 189 g/mol. The topological polar surface area (TPSA) is 63.4 Å². The van der Waals surface area contributed by atoms with Gasteiger partial charge in [0.2, 0.25) is 0 Å². The summed E-state index contributed by atoms with van der Waals surface area (Å²) in [6, 6.07) is 3.05. The first-order valence-corrected chi connectivity index (χ1v) is 3.69. The van der Waals surface area contributed by atoms with E-state index in [0.717, 1.165) is 18.2 Å². The second kappa shape index (κ2) is 4.35. The first kappa shape index (κ1) is 10.2. The Labute approximate surface area is 79.1 Å². The van der Waals surface area contributed by atoms with E-state index in [9.17, 15) is 14.5 Å². The van der Waals surface area contributed by atoms with E-state index < -0.39 is 17.3 Å². The van der Waals surface area contributed by atoms with Gasteiger partial charge in [0.25, 0.3) is 5.69 Å². The molecule has 72 valence electrons. The van der Waals surface area contributed by atoms with Crippen LogP contribution in [0.3, 0.4) is 0 Å². The van der Waals surface area contributed by atoms with Crippen molar-refractivity contribution < 1.29 is 14.4 Å². The Balaban J connectivity index is 3.14. The molecule has 0 atom stereocenters. The highest BCUT2D eigenvalue weighted by atomic mass is 19.1. The van der Waals surface area contributed by atoms with Crippen LogP contribution < -0.4 is 0 Å². The van der Waals surface area contributed by atoms with E-state index in [1.54, 1.807) is 0 Å². The van der Waals surface area contributed by atoms with Crippen molar-refractivity contribution in [3.8, 4) is 11.8 Å². The third-order valence-corrected chi connectivity index (χ3v) is 1.46. The Morgan fingerprint density at radius 3 is 2.86 bits per heavy atom. The first-order chi connectivity index (χ1) is 6.65. The van der Waals surface area contributed by atoms with Gasteiger partial charge in [0, 0.05) is 12.1 Å². The van der Waals surface area contributed by atoms with E-state index in [0.29, 0.717) is 0 Å². The van der Waals surface area contributed by atoms with Crippen LogP contribution in [0.15, 0.2) is 18.2 Å². The van der Waals surface area contributed by atoms with Crippen LogP contribution in [0.4, 0.5) is 10.1 Å². The fourth-order valence-electron chi connectivity index (χ4n) is 0.857. The number of rotatable bonds is 1. The standard InChI is InChI=1S/C9H6FNO3/c10-9-4-3-8(11(13)14)6-7(9)2-1-5-12/h3-4,6,12H,5H2. The summed E-state index contributed by atoms with van der Waals surface area (Å²) >= 11 is 0. The average Bonchev–Trinajstić information content (AvgIpc) is 2.16. The predicted molar refractivity (Wildman–Crippen MR) is 47.0 cm³/mol. The number of nitro benzene ring substituents is 1. The maximum absolute atomic E-state index is 12.9. The minimum absolute atomic E-state index is 0.0896. The summed E-state index contributed by atoms with van der Waals surface area (Å²) < 4.78 is 12.9. The number of non-ortho nitro benzene ring substituents is 1. The normalized spacial score (nSPS) is 9.00. The van der Waals surface area contributed by atoms with Crippen molar-refractivity contribution in [3.05, 3.63) is 39.7 Å². The number of hydrogen-bond donors (Lipinski definition) is 1. The zero-order chi connectivity index (χ0) is 10.6. The summed E-state index contributed by atoms with van der Waals surface area (Å²) in [7, 11) is 0. The second-order valence-corrected chi connectivity index (χ2v) is 2.38. The second-order valence-electron chi connectivity index (χ2n) is 2.38. The zero-order valence-corrected chi connectivity index (χ0v) is 7.03. The lowest BCUT2D eigenvalue weighted by atomic mass is 10.2. The first-order valence-electron chi connectivity index (χ1n) is 3.69. The van der Waals surface area contributed by atoms with Crippen LogP contribution in [-0.4, -0.2) is 16.6 Å². The largest absolute Gasteiger partial charge is 0.384 e. The molecule has 4 nitrogen and oxygen atoms in total. The Morgan fingerprint density at radius 2 is 2.29 bits per heavy atom. The summed E-state index contributed by atoms with van der Waals surface area (Å²) in [5, 5.41) is 18.7. The van der Waals surface area contributed by atoms with Gasteiger partial charge in [-0.2, -0.15) is 0 Å². The third kappa shape index (κ3) is 2.28. The van der Waals surface area contributed by atoms with E-state index in [1.807, 2.05) is 0 Å². The molecule has 0 bridgehead atoms. The lowest BCUT2D eigenvalue weighted by molar-refractivity contribution is -0.384. The van der Waals surface area contributed by atoms with Crippen LogP contribution in [0.2, 0.25) is 0 Å². The molecule has 0 aliphatic carbocycles. The monoisotopic (exact) mass is 195 g/mol. The number of benzene rings is 1. The lowest BCUT2D eigenvalue weighted by Gasteiger charge is -1.94. The van der Waals surface area contributed by atoms with E-state index in [4.69, 9.17) is 5.11 Å². The summed E-state index contributed by atoms with van der Waals surface area (Å²) in [5.74, 6) is 3.85. The zero-order valence-electron chi connectivity index (χ0n) is 7.03. The number of nitro groups is 1. The van der Waals surface area contributed by atoms with E-state index in [2.05, 4.69) is 11.8 Å². The highest BCUT2D eigenvalue weighted by molar-refractivity contribution is 5.44. The Kier molecular flexibility index (Phi) is 3.15. The fourth-order valence-corrected chi connectivity index (χ4v) is 0.857. The summed E-state index contributed by atoms with van der Waals surface area (Å²) in [6.45, 7) is -0.415. The quantitative estimate of drug-likeness (QED) is 0.414. The van der Waals surface area contributed by atoms with Gasteiger partial charge < -0.3 is 5.11 Å². The van der Waals surface area contributed by atoms with Gasteiger partial charge in [-0.05, 0) is 6.07 Å². The fraction of sp³-hybridized carbons (Fsp3) is 0.111. The number of aliphatic hydroxyl groups excluding tert-OH is 1. The molecule has 0 saturated carbocycles. The molecule has 1 rings (SSSR count). The SMILES string of the molecule is O=[N+]([O-])c1ccc(F)c(C#CCO)c1. The molecule has 0 spiro atoms. The van der Waals surface area contributed by atoms with Gasteiger partial charge in [-0.3, -0.25) is 10.1 Å². The van der Waals surface area contributed by atoms with Crippen molar-refractivity contribution in [2.75, 3.05) is 6.61 Å². The molecule has 0 amide bonds. The molecular formula is C9H6FNO3. The molecule has 1 aromatic carbocycles. The lowest BCUT2D eigenvalue weighted by Crippen LogP contribution is -1.91. The molecule has 0 saturated heterocycles. The minimum atomic E-state index is -0.642. The number of hydrogen-bond acceptors (Lipinski definition) is 3. The molecule has 0 heterocycles. The van der Waals surface area contributed by atoms with Gasteiger partial charge in [0.15, 0.2) is 0 Å². The molecule has 1 N–H and O–H groups in total. The van der Waals surface area contributed by atoms with Gasteiger partial charge >= 0.3 is 0 Å². The smallest absolute Gasteiger partial charge is 0.270 e. The van der Waals surface area contributed by atoms with Crippen LogP contribution in [0.1, 0.15) is 5.56 Å². The highest BCUT2D eigenvalue weighted by Crippen LogP contribution is 2.15. The van der Waals surface area contributed by atoms with Crippen LogP contribution in [0, 0.1) is 27.8 Å². The van der Waals surface area contributed by atoms with Gasteiger partial charge in [0.05, 0.1) is 10.5 Å². The Bertz CT molecular complexity index is 420. The molecule has 0 aliphatic heterocycles. The summed E-state index contributed by atoms with van der Waals surface area (Å²) in [5.41, 5.74) is -0.318. The predicted octanol–water partition coefficient (Wildman–Crippen LogP) is 1.08. The van der Waals surface area contributed by atoms with Crippen molar-refractivity contribution in [1.29, 1.82) is 0 Å². The van der Waals surface area contributed by atoms with Gasteiger partial charge in [-0.1, -0.05) is 11.8 Å². The van der Waals surface area contributed by atoms with E-state index in [-0.39, 0.29) is 11.3 Å². The maximum Gasteiger partial charge on any atom is 0.270 e. The Hall–Kier alpha value is -1.93. The third-order valence-electron chi connectivity index (χ3n) is 1.46. The number of nitrogens with zero attached hydrogens (tertiary/aromatic N) is 1. The maximum atomic E-state index is 12.9. The minimum Gasteiger partial charge on any atom is -0.384 e. The van der Waals surface area contributed by atoms with Gasteiger partial charge in [-0.25, -0.2) is 4.39 Å². The van der Waals surface area contributed by atoms with E-state index >= 15 is 0 Å². The highest BCUT2D eigenvalue weighted by Gasteiger charge is 2.08. The van der Waals surface area contributed by atoms with Gasteiger partial charge in [0.1, 0.15) is 12.4 Å². The van der Waals surface area contributed by atoms with Crippen molar-refractivity contribution in [2.24, 2.45) is 0 Å². The van der Waals surface area contributed by atoms with Crippen LogP contribution >= 0.6 is 0 Å². The van der Waals surface area contributed by atoms with Crippen molar-refractivity contribution >= 4 is 5.69 Å². The molecule has 5 heteroatoms. The van der Waals surface area contributed by atoms with Crippen molar-refractivity contribution in [1.82, 2.24) is 0 Å². The molecule has 0 aromatic heterocycles. The van der Waals surface area contributed by atoms with Gasteiger partial charge in [-0.15, -0.1) is 0 Å². The van der Waals surface area contributed by atoms with Crippen LogP contribution in [0.25, 0.3) is 0 Å². The van der Waals surface area contributed by atoms with Crippen molar-refractivity contribution in [2.45, 2.75) is 0 Å². The number of halogens is 1. The number of aliphatic hydroxyl groups is 1. The molecule has 14 heavy (non-hydrogen) atoms. The Morgan fingerprint density at radius 1 is 1.57 bits per heavy atom. The molecule has 1 aromatic rings. The summed E-state index contributed by atoms with van der Waals surface area (Å²) in [4.78, 5) is 9.69. The van der Waals surface area contributed by atoms with Crippen LogP contribution in [-0.2, 0) is 0 Å². The summed E-state index contributed by atoms with van der Waals surface area (Å²) in [6.07, 6.45) is 0. The molecule has 0 fully saturated rings. The van der Waals surface area contributed by atoms with Crippen LogP contribution in [0.5, 0.6) is 0 Å². The average molecular weight is 195 g/mol. The molecule has 0 unspecified atom stereocenters. The molecule has 0 aliphatic rings. The van der Waals surface area contributed by atoms with E-state index in [1.165, 1.54) is 0 Å². The van der Waals surface area contributed by atoms with Crippen molar-refractivity contribution in [3.63, 3.8) is 0 Å².